The van der Waals surface area contributed by atoms with Crippen molar-refractivity contribution in [3.63, 3.8) is 0 Å². The lowest BCUT2D eigenvalue weighted by Gasteiger charge is -2.14. The van der Waals surface area contributed by atoms with Crippen molar-refractivity contribution in [2.24, 2.45) is 0 Å². The van der Waals surface area contributed by atoms with Gasteiger partial charge in [-0.1, -0.05) is 22.9 Å². The van der Waals surface area contributed by atoms with Gasteiger partial charge in [-0.2, -0.15) is 0 Å². The van der Waals surface area contributed by atoms with E-state index < -0.39 is 6.36 Å². The summed E-state index contributed by atoms with van der Waals surface area (Å²) in [6.07, 6.45) is -3.86. The fraction of sp³-hybridized carbons (Fsp3) is 0.400. The van der Waals surface area contributed by atoms with Crippen molar-refractivity contribution < 1.29 is 17.9 Å². The molecule has 1 aromatic carbocycles. The minimum absolute atomic E-state index is 0.227. The highest BCUT2D eigenvalue weighted by Gasteiger charge is 2.32. The number of hydrogen-bond donors (Lipinski definition) is 1. The van der Waals surface area contributed by atoms with Gasteiger partial charge >= 0.3 is 6.36 Å². The monoisotopic (exact) mass is 297 g/mol. The quantitative estimate of drug-likeness (QED) is 0.900. The predicted molar refractivity (Wildman–Crippen MR) is 59.6 cm³/mol. The number of benzene rings is 1. The summed E-state index contributed by atoms with van der Waals surface area (Å²) < 4.78 is 40.8. The number of nitrogens with one attached hydrogen (secondary N) is 1. The molecule has 0 amide bonds. The highest BCUT2D eigenvalue weighted by Crippen LogP contribution is 2.32. The molecule has 0 spiro atoms. The molecule has 0 radical (unpaired) electrons. The van der Waals surface area contributed by atoms with Gasteiger partial charge in [-0.15, -0.1) is 13.2 Å². The lowest BCUT2D eigenvalue weighted by atomic mass is 10.3. The van der Waals surface area contributed by atoms with Crippen LogP contribution in [0, 0.1) is 0 Å². The molecule has 0 fully saturated rings. The van der Waals surface area contributed by atoms with E-state index in [0.29, 0.717) is 16.7 Å². The number of halogens is 4. The van der Waals surface area contributed by atoms with Gasteiger partial charge in [0.1, 0.15) is 0 Å². The molecule has 2 nitrogen and oxygen atoms in total. The van der Waals surface area contributed by atoms with Crippen LogP contribution in [0.5, 0.6) is 5.75 Å². The fourth-order valence-corrected chi connectivity index (χ4v) is 1.45. The Morgan fingerprint density at radius 1 is 1.38 bits per heavy atom. The lowest BCUT2D eigenvalue weighted by Crippen LogP contribution is -2.18. The van der Waals surface area contributed by atoms with Crippen LogP contribution >= 0.6 is 15.9 Å². The highest BCUT2D eigenvalue weighted by atomic mass is 79.9. The summed E-state index contributed by atoms with van der Waals surface area (Å²) in [6, 6.07) is 4.48. The third-order valence-corrected chi connectivity index (χ3v) is 2.23. The molecule has 0 aliphatic carbocycles. The standard InChI is InChI=1S/C10H11BrF3NO/c1-2-5-15-8-4-3-7(11)6-9(8)16-10(12,13)14/h3-4,6,15H,2,5H2,1H3. The van der Waals surface area contributed by atoms with Gasteiger partial charge < -0.3 is 10.1 Å². The molecule has 0 atom stereocenters. The van der Waals surface area contributed by atoms with Gasteiger partial charge in [0.05, 0.1) is 5.69 Å². The van der Waals surface area contributed by atoms with E-state index in [4.69, 9.17) is 0 Å². The maximum Gasteiger partial charge on any atom is 0.573 e. The van der Waals surface area contributed by atoms with Crippen molar-refractivity contribution in [2.45, 2.75) is 19.7 Å². The Kier molecular flexibility index (Phi) is 4.46. The number of ether oxygens (including phenoxy) is 1. The van der Waals surface area contributed by atoms with Crippen LogP contribution in [0.25, 0.3) is 0 Å². The Hall–Kier alpha value is -0.910. The topological polar surface area (TPSA) is 21.3 Å². The molecule has 1 rings (SSSR count). The van der Waals surface area contributed by atoms with Gasteiger partial charge in [-0.25, -0.2) is 0 Å². The van der Waals surface area contributed by atoms with Gasteiger partial charge in [-0.05, 0) is 24.6 Å². The first kappa shape index (κ1) is 13.2. The summed E-state index contributed by atoms with van der Waals surface area (Å²) in [4.78, 5) is 0. The molecule has 6 heteroatoms. The predicted octanol–water partition coefficient (Wildman–Crippen LogP) is 4.17. The minimum atomic E-state index is -4.68. The van der Waals surface area contributed by atoms with E-state index in [-0.39, 0.29) is 5.75 Å². The van der Waals surface area contributed by atoms with Crippen LogP contribution in [-0.4, -0.2) is 12.9 Å². The van der Waals surface area contributed by atoms with E-state index in [1.807, 2.05) is 6.92 Å². The number of anilines is 1. The molecule has 0 aromatic heterocycles. The highest BCUT2D eigenvalue weighted by molar-refractivity contribution is 9.10. The Balaban J connectivity index is 2.89. The third-order valence-electron chi connectivity index (χ3n) is 1.73. The van der Waals surface area contributed by atoms with Crippen molar-refractivity contribution in [2.75, 3.05) is 11.9 Å². The van der Waals surface area contributed by atoms with E-state index in [1.165, 1.54) is 6.07 Å². The zero-order valence-electron chi connectivity index (χ0n) is 8.57. The molecule has 0 unspecified atom stereocenters. The summed E-state index contributed by atoms with van der Waals surface area (Å²) in [5.41, 5.74) is 0.336. The maximum atomic E-state index is 12.1. The number of rotatable bonds is 4. The van der Waals surface area contributed by atoms with Crippen LogP contribution in [0.3, 0.4) is 0 Å². The van der Waals surface area contributed by atoms with Crippen LogP contribution in [0.2, 0.25) is 0 Å². The third kappa shape index (κ3) is 4.30. The van der Waals surface area contributed by atoms with Crippen LogP contribution in [0.15, 0.2) is 22.7 Å². The summed E-state index contributed by atoms with van der Waals surface area (Å²) in [7, 11) is 0. The minimum Gasteiger partial charge on any atom is -0.404 e. The summed E-state index contributed by atoms with van der Waals surface area (Å²) >= 11 is 3.10. The van der Waals surface area contributed by atoms with Crippen LogP contribution in [0.4, 0.5) is 18.9 Å². The van der Waals surface area contributed by atoms with Gasteiger partial charge in [0.25, 0.3) is 0 Å². The van der Waals surface area contributed by atoms with Crippen molar-refractivity contribution in [3.05, 3.63) is 22.7 Å². The lowest BCUT2D eigenvalue weighted by molar-refractivity contribution is -0.274. The smallest absolute Gasteiger partial charge is 0.404 e. The Labute approximate surface area is 99.9 Å². The largest absolute Gasteiger partial charge is 0.573 e. The zero-order valence-corrected chi connectivity index (χ0v) is 10.2. The summed E-state index contributed by atoms with van der Waals surface area (Å²) in [5, 5.41) is 2.87. The average molecular weight is 298 g/mol. The molecule has 90 valence electrons. The van der Waals surface area contributed by atoms with Crippen molar-refractivity contribution in [1.82, 2.24) is 0 Å². The Bertz CT molecular complexity index is 354. The summed E-state index contributed by atoms with van der Waals surface area (Å²) in [5.74, 6) is -0.227. The van der Waals surface area contributed by atoms with Crippen molar-refractivity contribution >= 4 is 21.6 Å². The van der Waals surface area contributed by atoms with Gasteiger partial charge in [-0.3, -0.25) is 0 Å². The molecule has 0 heterocycles. The van der Waals surface area contributed by atoms with Gasteiger partial charge in [0, 0.05) is 11.0 Å². The zero-order chi connectivity index (χ0) is 12.2. The first-order valence-corrected chi connectivity index (χ1v) is 5.51. The Morgan fingerprint density at radius 2 is 2.06 bits per heavy atom. The van der Waals surface area contributed by atoms with E-state index in [9.17, 15) is 13.2 Å². The van der Waals surface area contributed by atoms with Gasteiger partial charge in [0.15, 0.2) is 5.75 Å². The first-order chi connectivity index (χ1) is 7.42. The number of hydrogen-bond acceptors (Lipinski definition) is 2. The molecule has 0 bridgehead atoms. The maximum absolute atomic E-state index is 12.1. The molecule has 1 aromatic rings. The SMILES string of the molecule is CCCNc1ccc(Br)cc1OC(F)(F)F. The molecular formula is C10H11BrF3NO. The van der Waals surface area contributed by atoms with Crippen LogP contribution in [0.1, 0.15) is 13.3 Å². The number of alkyl halides is 3. The van der Waals surface area contributed by atoms with E-state index in [2.05, 4.69) is 26.0 Å². The van der Waals surface area contributed by atoms with Crippen molar-refractivity contribution in [1.29, 1.82) is 0 Å². The van der Waals surface area contributed by atoms with E-state index >= 15 is 0 Å². The molecule has 0 saturated heterocycles. The van der Waals surface area contributed by atoms with Gasteiger partial charge in [0.2, 0.25) is 0 Å². The second-order valence-electron chi connectivity index (χ2n) is 3.12. The van der Waals surface area contributed by atoms with Crippen LogP contribution in [-0.2, 0) is 0 Å². The first-order valence-electron chi connectivity index (χ1n) is 4.71. The average Bonchev–Trinajstić information content (AvgIpc) is 2.14. The van der Waals surface area contributed by atoms with E-state index in [0.717, 1.165) is 6.42 Å². The molecule has 0 aliphatic rings. The van der Waals surface area contributed by atoms with Crippen molar-refractivity contribution in [3.8, 4) is 5.75 Å². The Morgan fingerprint density at radius 3 is 2.62 bits per heavy atom. The van der Waals surface area contributed by atoms with Crippen LogP contribution < -0.4 is 10.1 Å². The molecule has 0 aliphatic heterocycles. The molecule has 1 N–H and O–H groups in total. The fourth-order valence-electron chi connectivity index (χ4n) is 1.11. The normalized spacial score (nSPS) is 11.3. The second kappa shape index (κ2) is 5.43. The molecular weight excluding hydrogens is 287 g/mol. The molecule has 16 heavy (non-hydrogen) atoms. The summed E-state index contributed by atoms with van der Waals surface area (Å²) in [6.45, 7) is 2.52. The van der Waals surface area contributed by atoms with E-state index in [1.54, 1.807) is 12.1 Å². The molecule has 0 saturated carbocycles. The second-order valence-corrected chi connectivity index (χ2v) is 4.03.